The first-order chi connectivity index (χ1) is 9.79. The Balaban J connectivity index is 1.72. The van der Waals surface area contributed by atoms with E-state index in [4.69, 9.17) is 5.26 Å². The lowest BCUT2D eigenvalue weighted by Gasteiger charge is -2.19. The van der Waals surface area contributed by atoms with Crippen molar-refractivity contribution >= 4 is 11.4 Å². The summed E-state index contributed by atoms with van der Waals surface area (Å²) >= 11 is 0. The summed E-state index contributed by atoms with van der Waals surface area (Å²) < 4.78 is 0. The van der Waals surface area contributed by atoms with E-state index in [0.717, 1.165) is 25.2 Å². The average molecular weight is 266 g/mol. The second-order valence-electron chi connectivity index (χ2n) is 4.58. The Morgan fingerprint density at radius 2 is 2.00 bits per heavy atom. The molecule has 1 aromatic carbocycles. The van der Waals surface area contributed by atoms with Gasteiger partial charge in [0.1, 0.15) is 11.8 Å². The molecule has 0 aliphatic carbocycles. The first kappa shape index (κ1) is 13.9. The van der Waals surface area contributed by atoms with E-state index in [1.807, 2.05) is 30.3 Å². The van der Waals surface area contributed by atoms with E-state index in [0.29, 0.717) is 5.69 Å². The molecule has 20 heavy (non-hydrogen) atoms. The zero-order chi connectivity index (χ0) is 14.2. The lowest BCUT2D eigenvalue weighted by molar-refractivity contribution is 0.816. The summed E-state index contributed by atoms with van der Waals surface area (Å²) in [6, 6.07) is 16.0. The Bertz CT molecular complexity index is 557. The van der Waals surface area contributed by atoms with Crippen LogP contribution in [0.2, 0.25) is 0 Å². The molecule has 0 unspecified atom stereocenters. The van der Waals surface area contributed by atoms with Crippen LogP contribution in [0.3, 0.4) is 0 Å². The summed E-state index contributed by atoms with van der Waals surface area (Å²) in [4.78, 5) is 6.26. The highest BCUT2D eigenvalue weighted by Crippen LogP contribution is 2.11. The van der Waals surface area contributed by atoms with Gasteiger partial charge in [0.25, 0.3) is 0 Å². The maximum absolute atomic E-state index is 8.67. The molecule has 0 saturated heterocycles. The van der Waals surface area contributed by atoms with Crippen LogP contribution in [0.4, 0.5) is 11.4 Å². The van der Waals surface area contributed by atoms with Gasteiger partial charge in [-0.1, -0.05) is 18.2 Å². The average Bonchev–Trinajstić information content (AvgIpc) is 2.53. The van der Waals surface area contributed by atoms with Gasteiger partial charge in [0, 0.05) is 25.8 Å². The summed E-state index contributed by atoms with van der Waals surface area (Å²) in [5.74, 6) is 0. The molecule has 4 heteroatoms. The zero-order valence-corrected chi connectivity index (χ0v) is 11.6. The monoisotopic (exact) mass is 266 g/mol. The first-order valence-corrected chi connectivity index (χ1v) is 6.66. The van der Waals surface area contributed by atoms with Crippen LogP contribution in [0, 0.1) is 11.3 Å². The van der Waals surface area contributed by atoms with Gasteiger partial charge in [-0.05, 0) is 30.7 Å². The Morgan fingerprint density at radius 1 is 1.20 bits per heavy atom. The Morgan fingerprint density at radius 3 is 2.65 bits per heavy atom. The second-order valence-corrected chi connectivity index (χ2v) is 4.58. The third-order valence-electron chi connectivity index (χ3n) is 3.07. The standard InChI is InChI=1S/C16H18N4/c1-20(16-6-3-2-4-7-16)11-5-10-18-15-9-8-14(12-17)19-13-15/h2-4,6-9,13,18H,5,10-11H2,1H3. The summed E-state index contributed by atoms with van der Waals surface area (Å²) in [6.45, 7) is 1.87. The van der Waals surface area contributed by atoms with Crippen LogP contribution < -0.4 is 10.2 Å². The third kappa shape index (κ3) is 3.99. The van der Waals surface area contributed by atoms with Crippen LogP contribution in [0.15, 0.2) is 48.7 Å². The summed E-state index contributed by atoms with van der Waals surface area (Å²) in [7, 11) is 2.10. The second kappa shape index (κ2) is 7.15. The van der Waals surface area contributed by atoms with Crippen molar-refractivity contribution in [1.29, 1.82) is 5.26 Å². The van der Waals surface area contributed by atoms with Crippen molar-refractivity contribution < 1.29 is 0 Å². The highest BCUT2D eigenvalue weighted by Gasteiger charge is 1.99. The van der Waals surface area contributed by atoms with Crippen molar-refractivity contribution in [2.24, 2.45) is 0 Å². The minimum atomic E-state index is 0.444. The van der Waals surface area contributed by atoms with Crippen LogP contribution in [-0.2, 0) is 0 Å². The van der Waals surface area contributed by atoms with Crippen molar-refractivity contribution in [3.05, 3.63) is 54.4 Å². The molecule has 1 N–H and O–H groups in total. The van der Waals surface area contributed by atoms with E-state index in [-0.39, 0.29) is 0 Å². The fourth-order valence-corrected chi connectivity index (χ4v) is 1.93. The number of hydrogen-bond donors (Lipinski definition) is 1. The number of nitrogens with one attached hydrogen (secondary N) is 1. The minimum absolute atomic E-state index is 0.444. The number of nitriles is 1. The highest BCUT2D eigenvalue weighted by atomic mass is 15.1. The Kier molecular flexibility index (Phi) is 4.96. The summed E-state index contributed by atoms with van der Waals surface area (Å²) in [5.41, 5.74) is 2.62. The summed E-state index contributed by atoms with van der Waals surface area (Å²) in [5, 5.41) is 12.0. The molecular weight excluding hydrogens is 248 g/mol. The molecule has 0 spiro atoms. The quantitative estimate of drug-likeness (QED) is 0.817. The van der Waals surface area contributed by atoms with Gasteiger partial charge >= 0.3 is 0 Å². The number of para-hydroxylation sites is 1. The molecule has 1 aromatic heterocycles. The van der Waals surface area contributed by atoms with Crippen molar-refractivity contribution in [3.8, 4) is 6.07 Å². The molecule has 0 aliphatic rings. The molecule has 102 valence electrons. The van der Waals surface area contributed by atoms with Crippen molar-refractivity contribution in [2.75, 3.05) is 30.4 Å². The fraction of sp³-hybridized carbons (Fsp3) is 0.250. The van der Waals surface area contributed by atoms with E-state index >= 15 is 0 Å². The van der Waals surface area contributed by atoms with Gasteiger partial charge < -0.3 is 10.2 Å². The number of nitrogens with zero attached hydrogens (tertiary/aromatic N) is 3. The van der Waals surface area contributed by atoms with E-state index in [2.05, 4.69) is 34.4 Å². The minimum Gasteiger partial charge on any atom is -0.384 e. The van der Waals surface area contributed by atoms with Gasteiger partial charge in [-0.3, -0.25) is 0 Å². The maximum atomic E-state index is 8.67. The smallest absolute Gasteiger partial charge is 0.140 e. The normalized spacial score (nSPS) is 9.80. The Hall–Kier alpha value is -2.54. The molecule has 0 amide bonds. The van der Waals surface area contributed by atoms with Crippen LogP contribution >= 0.6 is 0 Å². The molecule has 1 heterocycles. The first-order valence-electron chi connectivity index (χ1n) is 6.66. The number of benzene rings is 1. The number of aromatic nitrogens is 1. The molecule has 4 nitrogen and oxygen atoms in total. The predicted molar refractivity (Wildman–Crippen MR) is 81.8 cm³/mol. The van der Waals surface area contributed by atoms with Crippen LogP contribution in [0.5, 0.6) is 0 Å². The molecule has 0 bridgehead atoms. The van der Waals surface area contributed by atoms with E-state index in [9.17, 15) is 0 Å². The number of rotatable bonds is 6. The van der Waals surface area contributed by atoms with Gasteiger partial charge in [-0.25, -0.2) is 4.98 Å². The molecule has 0 radical (unpaired) electrons. The largest absolute Gasteiger partial charge is 0.384 e. The van der Waals surface area contributed by atoms with Crippen LogP contribution in [0.1, 0.15) is 12.1 Å². The van der Waals surface area contributed by atoms with Gasteiger partial charge in [0.05, 0.1) is 11.9 Å². The lowest BCUT2D eigenvalue weighted by atomic mass is 10.3. The molecule has 0 saturated carbocycles. The lowest BCUT2D eigenvalue weighted by Crippen LogP contribution is -2.20. The van der Waals surface area contributed by atoms with Crippen molar-refractivity contribution in [2.45, 2.75) is 6.42 Å². The van der Waals surface area contributed by atoms with Gasteiger partial charge in [-0.2, -0.15) is 5.26 Å². The maximum Gasteiger partial charge on any atom is 0.140 e. The molecule has 0 aliphatic heterocycles. The number of anilines is 2. The van der Waals surface area contributed by atoms with E-state index < -0.39 is 0 Å². The zero-order valence-electron chi connectivity index (χ0n) is 11.6. The van der Waals surface area contributed by atoms with Crippen molar-refractivity contribution in [1.82, 2.24) is 4.98 Å². The number of hydrogen-bond acceptors (Lipinski definition) is 4. The Labute approximate surface area is 119 Å². The SMILES string of the molecule is CN(CCCNc1ccc(C#N)nc1)c1ccccc1. The fourth-order valence-electron chi connectivity index (χ4n) is 1.93. The van der Waals surface area contributed by atoms with Crippen molar-refractivity contribution in [3.63, 3.8) is 0 Å². The molecule has 2 aromatic rings. The molecule has 2 rings (SSSR count). The third-order valence-corrected chi connectivity index (χ3v) is 3.07. The highest BCUT2D eigenvalue weighted by molar-refractivity contribution is 5.45. The predicted octanol–water partition coefficient (Wildman–Crippen LogP) is 2.89. The molecule has 0 fully saturated rings. The topological polar surface area (TPSA) is 52.0 Å². The van der Waals surface area contributed by atoms with Crippen LogP contribution in [-0.4, -0.2) is 25.1 Å². The van der Waals surface area contributed by atoms with E-state index in [1.54, 1.807) is 12.3 Å². The van der Waals surface area contributed by atoms with Gasteiger partial charge in [0.15, 0.2) is 0 Å². The van der Waals surface area contributed by atoms with Crippen LogP contribution in [0.25, 0.3) is 0 Å². The van der Waals surface area contributed by atoms with Gasteiger partial charge in [-0.15, -0.1) is 0 Å². The number of pyridine rings is 1. The molecule has 0 atom stereocenters. The summed E-state index contributed by atoms with van der Waals surface area (Å²) in [6.07, 6.45) is 2.73. The van der Waals surface area contributed by atoms with Gasteiger partial charge in [0.2, 0.25) is 0 Å². The van der Waals surface area contributed by atoms with E-state index in [1.165, 1.54) is 5.69 Å². The molecular formula is C16H18N4.